The van der Waals surface area contributed by atoms with E-state index in [0.29, 0.717) is 6.04 Å². The fourth-order valence-electron chi connectivity index (χ4n) is 2.86. The number of nitrogens with one attached hydrogen (secondary N) is 1. The van der Waals surface area contributed by atoms with Crippen LogP contribution in [-0.2, 0) is 16.1 Å². The second-order valence-corrected chi connectivity index (χ2v) is 8.15. The molecule has 1 aliphatic carbocycles. The van der Waals surface area contributed by atoms with Crippen molar-refractivity contribution in [2.24, 2.45) is 0 Å². The van der Waals surface area contributed by atoms with E-state index in [9.17, 15) is 9.59 Å². The number of benzene rings is 1. The van der Waals surface area contributed by atoms with Crippen molar-refractivity contribution < 1.29 is 9.59 Å². The molecule has 0 unspecified atom stereocenters. The first-order valence-corrected chi connectivity index (χ1v) is 10.6. The van der Waals surface area contributed by atoms with E-state index in [-0.39, 0.29) is 24.1 Å². The van der Waals surface area contributed by atoms with Crippen LogP contribution in [0.3, 0.4) is 0 Å². The molecule has 150 valence electrons. The lowest BCUT2D eigenvalue weighted by Gasteiger charge is -2.16. The largest absolute Gasteiger partial charge is 0.352 e. The lowest BCUT2D eigenvalue weighted by molar-refractivity contribution is -0.132. The molecule has 0 radical (unpaired) electrons. The predicted octanol–water partition coefficient (Wildman–Crippen LogP) is 2.49. The molecule has 28 heavy (non-hydrogen) atoms. The topological polar surface area (TPSA) is 80.1 Å². The van der Waals surface area contributed by atoms with Crippen molar-refractivity contribution >= 4 is 23.6 Å². The van der Waals surface area contributed by atoms with E-state index >= 15 is 0 Å². The van der Waals surface area contributed by atoms with Crippen molar-refractivity contribution in [3.63, 3.8) is 0 Å². The number of rotatable bonds is 9. The summed E-state index contributed by atoms with van der Waals surface area (Å²) in [6, 6.07) is 8.47. The molecule has 0 bridgehead atoms. The molecule has 0 aliphatic heterocycles. The van der Waals surface area contributed by atoms with E-state index in [1.165, 1.54) is 22.2 Å². The zero-order chi connectivity index (χ0) is 20.1. The van der Waals surface area contributed by atoms with Gasteiger partial charge in [-0.3, -0.25) is 9.59 Å². The highest BCUT2D eigenvalue weighted by atomic mass is 32.2. The van der Waals surface area contributed by atoms with Crippen molar-refractivity contribution in [2.45, 2.75) is 50.9 Å². The fraction of sp³-hybridized carbons (Fsp3) is 0.500. The maximum Gasteiger partial charge on any atom is 0.239 e. The molecule has 7 nitrogen and oxygen atoms in total. The van der Waals surface area contributed by atoms with E-state index in [1.54, 1.807) is 7.05 Å². The van der Waals surface area contributed by atoms with Gasteiger partial charge in [0.2, 0.25) is 11.8 Å². The van der Waals surface area contributed by atoms with Gasteiger partial charge in [0.1, 0.15) is 0 Å². The van der Waals surface area contributed by atoms with Gasteiger partial charge >= 0.3 is 0 Å². The summed E-state index contributed by atoms with van der Waals surface area (Å²) in [7, 11) is 1.66. The second-order valence-electron chi connectivity index (χ2n) is 7.21. The quantitative estimate of drug-likeness (QED) is 0.653. The molecule has 1 N–H and O–H groups in total. The minimum Gasteiger partial charge on any atom is -0.352 e. The molecule has 2 aromatic rings. The molecular formula is C20H27N5O2S. The third-order valence-electron chi connectivity index (χ3n) is 4.51. The molecule has 1 aromatic carbocycles. The number of carbonyl (C=O) groups is 2. The monoisotopic (exact) mass is 401 g/mol. The maximum atomic E-state index is 12.4. The van der Waals surface area contributed by atoms with E-state index < -0.39 is 0 Å². The Balaban J connectivity index is 1.63. The summed E-state index contributed by atoms with van der Waals surface area (Å²) in [6.07, 6.45) is 3.02. The normalized spacial score (nSPS) is 13.4. The Morgan fingerprint density at radius 1 is 1.32 bits per heavy atom. The van der Waals surface area contributed by atoms with Gasteiger partial charge in [-0.25, -0.2) is 0 Å². The summed E-state index contributed by atoms with van der Waals surface area (Å²) < 4.78 is 2.06. The lowest BCUT2D eigenvalue weighted by atomic mass is 10.1. The zero-order valence-corrected chi connectivity index (χ0v) is 17.5. The van der Waals surface area contributed by atoms with Crippen molar-refractivity contribution in [3.8, 4) is 11.4 Å². The van der Waals surface area contributed by atoms with E-state index in [1.807, 2.05) is 25.1 Å². The van der Waals surface area contributed by atoms with Crippen LogP contribution in [0.4, 0.5) is 0 Å². The zero-order valence-electron chi connectivity index (χ0n) is 16.6. The van der Waals surface area contributed by atoms with Crippen LogP contribution in [-0.4, -0.2) is 56.9 Å². The Morgan fingerprint density at radius 3 is 2.79 bits per heavy atom. The summed E-state index contributed by atoms with van der Waals surface area (Å²) in [5.74, 6) is 0.846. The molecule has 0 spiro atoms. The van der Waals surface area contributed by atoms with E-state index in [0.717, 1.165) is 42.4 Å². The first-order valence-electron chi connectivity index (χ1n) is 9.64. The molecule has 1 aliphatic rings. The molecule has 0 saturated heterocycles. The Bertz CT molecular complexity index is 847. The molecule has 3 rings (SSSR count). The number of aromatic nitrogens is 3. The highest BCUT2D eigenvalue weighted by Gasteiger charge is 2.24. The van der Waals surface area contributed by atoms with Crippen LogP contribution in [0.2, 0.25) is 0 Å². The second kappa shape index (κ2) is 9.23. The first kappa shape index (κ1) is 20.4. The van der Waals surface area contributed by atoms with Gasteiger partial charge in [0.25, 0.3) is 0 Å². The van der Waals surface area contributed by atoms with Gasteiger partial charge in [-0.05, 0) is 32.3 Å². The van der Waals surface area contributed by atoms with Crippen LogP contribution in [0.15, 0.2) is 29.4 Å². The van der Waals surface area contributed by atoms with E-state index in [4.69, 9.17) is 0 Å². The summed E-state index contributed by atoms with van der Waals surface area (Å²) >= 11 is 1.36. The third kappa shape index (κ3) is 5.34. The van der Waals surface area contributed by atoms with Gasteiger partial charge in [-0.1, -0.05) is 42.4 Å². The van der Waals surface area contributed by atoms with Gasteiger partial charge in [0.05, 0.1) is 12.3 Å². The summed E-state index contributed by atoms with van der Waals surface area (Å²) in [6.45, 7) is 5.03. The number of aryl methyl sites for hydroxylation is 1. The van der Waals surface area contributed by atoms with Crippen LogP contribution in [0.5, 0.6) is 0 Å². The standard InChI is InChI=1S/C20H27N5O2S/c1-4-10-25-19(15-7-5-6-14(2)11-15)22-23-20(25)28-13-18(27)24(3)12-17(26)21-16-8-9-16/h5-7,11,16H,4,8-10,12-13H2,1-3H3,(H,21,26). The lowest BCUT2D eigenvalue weighted by Crippen LogP contribution is -2.39. The minimum atomic E-state index is -0.0981. The van der Waals surface area contributed by atoms with Crippen LogP contribution < -0.4 is 5.32 Å². The van der Waals surface area contributed by atoms with Crippen LogP contribution in [0.1, 0.15) is 31.7 Å². The smallest absolute Gasteiger partial charge is 0.239 e. The number of likely N-dealkylation sites (N-methyl/N-ethyl adjacent to an activating group) is 1. The van der Waals surface area contributed by atoms with Crippen LogP contribution in [0, 0.1) is 6.92 Å². The van der Waals surface area contributed by atoms with Crippen LogP contribution in [0.25, 0.3) is 11.4 Å². The van der Waals surface area contributed by atoms with Gasteiger partial charge in [0.15, 0.2) is 11.0 Å². The van der Waals surface area contributed by atoms with Crippen LogP contribution >= 0.6 is 11.8 Å². The summed E-state index contributed by atoms with van der Waals surface area (Å²) in [5, 5.41) is 12.3. The maximum absolute atomic E-state index is 12.4. The number of carbonyl (C=O) groups excluding carboxylic acids is 2. The number of hydrogen-bond acceptors (Lipinski definition) is 5. The summed E-state index contributed by atoms with van der Waals surface area (Å²) in [5.41, 5.74) is 2.19. The molecule has 8 heteroatoms. The highest BCUT2D eigenvalue weighted by molar-refractivity contribution is 7.99. The highest BCUT2D eigenvalue weighted by Crippen LogP contribution is 2.25. The number of amides is 2. The van der Waals surface area contributed by atoms with E-state index in [2.05, 4.69) is 33.1 Å². The molecule has 1 heterocycles. The Hall–Kier alpha value is -2.35. The molecule has 1 fully saturated rings. The van der Waals surface area contributed by atoms with Crippen molar-refractivity contribution in [1.29, 1.82) is 0 Å². The van der Waals surface area contributed by atoms with Crippen molar-refractivity contribution in [1.82, 2.24) is 25.0 Å². The van der Waals surface area contributed by atoms with Gasteiger partial charge in [-0.15, -0.1) is 10.2 Å². The third-order valence-corrected chi connectivity index (χ3v) is 5.47. The fourth-order valence-corrected chi connectivity index (χ4v) is 3.76. The first-order chi connectivity index (χ1) is 13.5. The Labute approximate surface area is 169 Å². The molecular weight excluding hydrogens is 374 g/mol. The molecule has 0 atom stereocenters. The predicted molar refractivity (Wildman–Crippen MR) is 110 cm³/mol. The summed E-state index contributed by atoms with van der Waals surface area (Å²) in [4.78, 5) is 25.7. The van der Waals surface area contributed by atoms with Crippen molar-refractivity contribution in [2.75, 3.05) is 19.3 Å². The van der Waals surface area contributed by atoms with Gasteiger partial charge in [0, 0.05) is 25.2 Å². The minimum absolute atomic E-state index is 0.0894. The van der Waals surface area contributed by atoms with Gasteiger partial charge < -0.3 is 14.8 Å². The molecule has 1 saturated carbocycles. The number of hydrogen-bond donors (Lipinski definition) is 1. The molecule has 1 aromatic heterocycles. The Morgan fingerprint density at radius 2 is 2.11 bits per heavy atom. The SMILES string of the molecule is CCCn1c(SCC(=O)N(C)CC(=O)NC2CC2)nnc1-c1cccc(C)c1. The van der Waals surface area contributed by atoms with Crippen molar-refractivity contribution in [3.05, 3.63) is 29.8 Å². The number of nitrogens with zero attached hydrogens (tertiary/aromatic N) is 4. The molecule has 2 amide bonds. The number of thioether (sulfide) groups is 1. The average Bonchev–Trinajstić information content (AvgIpc) is 3.38. The van der Waals surface area contributed by atoms with Gasteiger partial charge in [-0.2, -0.15) is 0 Å². The Kier molecular flexibility index (Phi) is 6.72. The average molecular weight is 402 g/mol.